The summed E-state index contributed by atoms with van der Waals surface area (Å²) in [4.78, 5) is 7.96. The van der Waals surface area contributed by atoms with Crippen LogP contribution >= 0.6 is 12.2 Å². The minimum Gasteiger partial charge on any atom is -0.339 e. The smallest absolute Gasteiger partial charge is 0.205 e. The van der Waals surface area contributed by atoms with E-state index < -0.39 is 0 Å². The fourth-order valence-electron chi connectivity index (χ4n) is 3.20. The largest absolute Gasteiger partial charge is 0.339 e. The van der Waals surface area contributed by atoms with E-state index in [1.807, 2.05) is 16.8 Å². The molecule has 4 rings (SSSR count). The predicted octanol–water partition coefficient (Wildman–Crippen LogP) is 5.65. The fourth-order valence-corrected chi connectivity index (χ4v) is 3.40. The zero-order chi connectivity index (χ0) is 17.6. The van der Waals surface area contributed by atoms with E-state index in [2.05, 4.69) is 73.2 Å². The van der Waals surface area contributed by atoms with Crippen molar-refractivity contribution in [2.75, 3.05) is 0 Å². The van der Waals surface area contributed by atoms with Gasteiger partial charge >= 0.3 is 0 Å². The number of rotatable bonds is 2. The van der Waals surface area contributed by atoms with E-state index in [4.69, 9.17) is 12.2 Å². The standard InChI is InChI=1S/C21H19N3S/c1-13-4-7-16(8-5-13)18-11-22-21(25)24-12-19(23-20(18)24)17-9-6-14(2)10-15(17)3/h4-12,23H,1-3H3. The molecule has 25 heavy (non-hydrogen) atoms. The van der Waals surface area contributed by atoms with Crippen molar-refractivity contribution >= 4 is 17.9 Å². The number of aromatic nitrogens is 3. The zero-order valence-corrected chi connectivity index (χ0v) is 15.3. The van der Waals surface area contributed by atoms with E-state index >= 15 is 0 Å². The molecular weight excluding hydrogens is 326 g/mol. The van der Waals surface area contributed by atoms with E-state index in [0.717, 1.165) is 22.5 Å². The second-order valence-electron chi connectivity index (χ2n) is 6.53. The highest BCUT2D eigenvalue weighted by molar-refractivity contribution is 7.71. The second-order valence-corrected chi connectivity index (χ2v) is 6.89. The lowest BCUT2D eigenvalue weighted by atomic mass is 10.0. The molecule has 0 atom stereocenters. The molecule has 3 nitrogen and oxygen atoms in total. The first-order chi connectivity index (χ1) is 12.0. The van der Waals surface area contributed by atoms with Crippen molar-refractivity contribution in [2.45, 2.75) is 20.8 Å². The van der Waals surface area contributed by atoms with Crippen molar-refractivity contribution in [3.63, 3.8) is 0 Å². The lowest BCUT2D eigenvalue weighted by Crippen LogP contribution is -1.92. The highest BCUT2D eigenvalue weighted by atomic mass is 32.1. The molecule has 4 heteroatoms. The lowest BCUT2D eigenvalue weighted by Gasteiger charge is -2.05. The summed E-state index contributed by atoms with van der Waals surface area (Å²) in [7, 11) is 0. The van der Waals surface area contributed by atoms with Crippen molar-refractivity contribution in [2.24, 2.45) is 0 Å². The molecule has 0 fully saturated rings. The number of nitrogens with zero attached hydrogens (tertiary/aromatic N) is 2. The summed E-state index contributed by atoms with van der Waals surface area (Å²) >= 11 is 5.43. The van der Waals surface area contributed by atoms with Gasteiger partial charge in [0.15, 0.2) is 0 Å². The number of fused-ring (bicyclic) bond motifs is 1. The van der Waals surface area contributed by atoms with Gasteiger partial charge in [0.1, 0.15) is 5.65 Å². The van der Waals surface area contributed by atoms with Crippen molar-refractivity contribution in [1.29, 1.82) is 0 Å². The minimum atomic E-state index is 0.554. The molecule has 0 spiro atoms. The van der Waals surface area contributed by atoms with Crippen LogP contribution in [0.4, 0.5) is 0 Å². The van der Waals surface area contributed by atoms with E-state index in [1.165, 1.54) is 22.3 Å². The number of hydrogen-bond acceptors (Lipinski definition) is 2. The van der Waals surface area contributed by atoms with Gasteiger partial charge in [0.05, 0.1) is 5.69 Å². The van der Waals surface area contributed by atoms with Gasteiger partial charge in [0.25, 0.3) is 0 Å². The maximum Gasteiger partial charge on any atom is 0.205 e. The summed E-state index contributed by atoms with van der Waals surface area (Å²) in [6, 6.07) is 14.9. The molecule has 2 heterocycles. The molecule has 2 aromatic carbocycles. The van der Waals surface area contributed by atoms with Crippen molar-refractivity contribution in [1.82, 2.24) is 14.4 Å². The Bertz CT molecular complexity index is 1130. The van der Waals surface area contributed by atoms with Gasteiger partial charge in [-0.2, -0.15) is 0 Å². The molecule has 0 aliphatic rings. The second kappa shape index (κ2) is 5.97. The average Bonchev–Trinajstić information content (AvgIpc) is 3.02. The minimum absolute atomic E-state index is 0.554. The number of aryl methyl sites for hydroxylation is 3. The van der Waals surface area contributed by atoms with Gasteiger partial charge in [-0.3, -0.25) is 4.40 Å². The Morgan fingerprint density at radius 2 is 1.64 bits per heavy atom. The molecule has 0 amide bonds. The van der Waals surface area contributed by atoms with E-state index in [-0.39, 0.29) is 0 Å². The van der Waals surface area contributed by atoms with E-state index in [9.17, 15) is 0 Å². The summed E-state index contributed by atoms with van der Waals surface area (Å²) in [5.41, 5.74) is 9.11. The molecule has 0 radical (unpaired) electrons. The summed E-state index contributed by atoms with van der Waals surface area (Å²) < 4.78 is 2.51. The Morgan fingerprint density at radius 3 is 2.36 bits per heavy atom. The summed E-state index contributed by atoms with van der Waals surface area (Å²) in [5, 5.41) is 0. The molecular formula is C21H19N3S. The van der Waals surface area contributed by atoms with Gasteiger partial charge in [0, 0.05) is 23.5 Å². The number of hydrogen-bond donors (Lipinski definition) is 1. The third kappa shape index (κ3) is 2.79. The first kappa shape index (κ1) is 15.8. The Morgan fingerprint density at radius 1 is 0.920 bits per heavy atom. The monoisotopic (exact) mass is 345 g/mol. The molecule has 1 N–H and O–H groups in total. The van der Waals surface area contributed by atoms with Crippen molar-refractivity contribution in [3.8, 4) is 22.4 Å². The van der Waals surface area contributed by atoms with Crippen molar-refractivity contribution in [3.05, 3.63) is 76.3 Å². The van der Waals surface area contributed by atoms with Crippen LogP contribution in [0.1, 0.15) is 16.7 Å². The van der Waals surface area contributed by atoms with Crippen LogP contribution in [0.25, 0.3) is 28.0 Å². The molecule has 0 saturated carbocycles. The highest BCUT2D eigenvalue weighted by Gasteiger charge is 2.11. The summed E-state index contributed by atoms with van der Waals surface area (Å²) in [6.07, 6.45) is 3.89. The quantitative estimate of drug-likeness (QED) is 0.476. The molecule has 0 bridgehead atoms. The van der Waals surface area contributed by atoms with Gasteiger partial charge in [-0.25, -0.2) is 4.98 Å². The number of aromatic amines is 1. The molecule has 124 valence electrons. The van der Waals surface area contributed by atoms with Crippen LogP contribution in [0.3, 0.4) is 0 Å². The third-order valence-electron chi connectivity index (χ3n) is 4.55. The van der Waals surface area contributed by atoms with Crippen molar-refractivity contribution < 1.29 is 0 Å². The predicted molar refractivity (Wildman–Crippen MR) is 105 cm³/mol. The fraction of sp³-hybridized carbons (Fsp3) is 0.143. The van der Waals surface area contributed by atoms with Crippen LogP contribution in [-0.4, -0.2) is 14.4 Å². The number of nitrogens with one attached hydrogen (secondary N) is 1. The van der Waals surface area contributed by atoms with E-state index in [0.29, 0.717) is 4.77 Å². The lowest BCUT2D eigenvalue weighted by molar-refractivity contribution is 1.06. The Hall–Kier alpha value is -2.72. The van der Waals surface area contributed by atoms with Crippen LogP contribution in [0.15, 0.2) is 54.9 Å². The third-order valence-corrected chi connectivity index (χ3v) is 4.85. The summed E-state index contributed by atoms with van der Waals surface area (Å²) in [6.45, 7) is 6.33. The number of benzene rings is 2. The van der Waals surface area contributed by atoms with Gasteiger partial charge < -0.3 is 4.98 Å². The Labute approximate surface area is 152 Å². The van der Waals surface area contributed by atoms with Crippen LogP contribution in [0, 0.1) is 25.5 Å². The Kier molecular flexibility index (Phi) is 3.77. The number of H-pyrrole nitrogens is 1. The van der Waals surface area contributed by atoms with Gasteiger partial charge in [-0.15, -0.1) is 0 Å². The topological polar surface area (TPSA) is 33.1 Å². The molecule has 4 aromatic rings. The van der Waals surface area contributed by atoms with Crippen LogP contribution in [0.5, 0.6) is 0 Å². The zero-order valence-electron chi connectivity index (χ0n) is 14.5. The maximum atomic E-state index is 5.43. The van der Waals surface area contributed by atoms with Crippen LogP contribution in [0.2, 0.25) is 0 Å². The molecule has 0 aliphatic heterocycles. The van der Waals surface area contributed by atoms with Gasteiger partial charge in [-0.1, -0.05) is 53.6 Å². The molecule has 0 saturated heterocycles. The average molecular weight is 345 g/mol. The Balaban J connectivity index is 1.96. The van der Waals surface area contributed by atoms with Crippen LogP contribution in [-0.2, 0) is 0 Å². The first-order valence-electron chi connectivity index (χ1n) is 8.28. The van der Waals surface area contributed by atoms with Gasteiger partial charge in [0.2, 0.25) is 4.77 Å². The first-order valence-corrected chi connectivity index (χ1v) is 8.69. The maximum absolute atomic E-state index is 5.43. The normalized spacial score (nSPS) is 11.2. The van der Waals surface area contributed by atoms with Crippen LogP contribution < -0.4 is 0 Å². The summed E-state index contributed by atoms with van der Waals surface area (Å²) in [5.74, 6) is 0. The molecule has 0 aliphatic carbocycles. The highest BCUT2D eigenvalue weighted by Crippen LogP contribution is 2.28. The molecule has 0 unspecified atom stereocenters. The van der Waals surface area contributed by atoms with Gasteiger partial charge in [-0.05, 0) is 44.1 Å². The number of imidazole rings is 1. The molecule has 2 aromatic heterocycles. The SMILES string of the molecule is Cc1ccc(-c2cnc(=S)n3cc(-c4ccc(C)cc4C)[nH]c23)cc1. The van der Waals surface area contributed by atoms with E-state index in [1.54, 1.807) is 0 Å².